The minimum absolute atomic E-state index is 0.0722. The molecule has 0 bridgehead atoms. The molecular weight excluding hydrogens is 316 g/mol. The molecule has 4 rings (SSSR count). The minimum Gasteiger partial charge on any atom is -0.376 e. The molecule has 3 amide bonds. The lowest BCUT2D eigenvalue weighted by Gasteiger charge is -2.28. The molecule has 2 aliphatic rings. The van der Waals surface area contributed by atoms with Gasteiger partial charge in [0.1, 0.15) is 0 Å². The third-order valence-electron chi connectivity index (χ3n) is 4.93. The topological polar surface area (TPSA) is 58.6 Å². The van der Waals surface area contributed by atoms with Gasteiger partial charge in [-0.2, -0.15) is 0 Å². The lowest BCUT2D eigenvalue weighted by atomic mass is 9.82. The molecule has 0 saturated carbocycles. The molecule has 0 aromatic heterocycles. The van der Waals surface area contributed by atoms with Gasteiger partial charge >= 0.3 is 6.03 Å². The minimum atomic E-state index is -1.18. The van der Waals surface area contributed by atoms with Gasteiger partial charge in [0.05, 0.1) is 12.6 Å². The van der Waals surface area contributed by atoms with Crippen LogP contribution in [0.15, 0.2) is 60.7 Å². The van der Waals surface area contributed by atoms with E-state index in [0.717, 1.165) is 24.0 Å². The van der Waals surface area contributed by atoms with Gasteiger partial charge in [-0.3, -0.25) is 9.69 Å². The summed E-state index contributed by atoms with van der Waals surface area (Å²) < 4.78 is 5.62. The molecule has 1 atom stereocenters. The molecule has 5 heteroatoms. The number of benzene rings is 2. The average molecular weight is 336 g/mol. The first-order valence-corrected chi connectivity index (χ1v) is 8.58. The number of urea groups is 1. The number of imide groups is 1. The van der Waals surface area contributed by atoms with Crippen LogP contribution < -0.4 is 5.32 Å². The molecule has 0 unspecified atom stereocenters. The summed E-state index contributed by atoms with van der Waals surface area (Å²) in [6, 6.07) is 18.4. The standard InChI is InChI=1S/C20H20N2O3/c23-18-20(15-8-3-1-4-9-15,16-10-5-2-6-11-16)21-19(24)22(18)14-17-12-7-13-25-17/h1-6,8-11,17H,7,12-14H2,(H,21,24)/t17-/m0/s1. The fraction of sp³-hybridized carbons (Fsp3) is 0.300. The van der Waals surface area contributed by atoms with Gasteiger partial charge in [0.2, 0.25) is 0 Å². The van der Waals surface area contributed by atoms with E-state index in [9.17, 15) is 9.59 Å². The normalized spacial score (nSPS) is 22.2. The zero-order valence-electron chi connectivity index (χ0n) is 13.9. The number of ether oxygens (including phenoxy) is 1. The third kappa shape index (κ3) is 2.61. The van der Waals surface area contributed by atoms with Crippen molar-refractivity contribution in [3.8, 4) is 0 Å². The van der Waals surface area contributed by atoms with Gasteiger partial charge in [-0.15, -0.1) is 0 Å². The summed E-state index contributed by atoms with van der Waals surface area (Å²) in [5.41, 5.74) is 0.335. The summed E-state index contributed by atoms with van der Waals surface area (Å²) in [5.74, 6) is -0.245. The Hall–Kier alpha value is -2.66. The maximum atomic E-state index is 13.4. The van der Waals surface area contributed by atoms with Crippen LogP contribution in [0.3, 0.4) is 0 Å². The number of nitrogens with one attached hydrogen (secondary N) is 1. The largest absolute Gasteiger partial charge is 0.376 e. The van der Waals surface area contributed by atoms with Crippen LogP contribution in [0.5, 0.6) is 0 Å². The smallest absolute Gasteiger partial charge is 0.325 e. The van der Waals surface area contributed by atoms with Gasteiger partial charge < -0.3 is 10.1 Å². The lowest BCUT2D eigenvalue weighted by molar-refractivity contribution is -0.131. The van der Waals surface area contributed by atoms with Crippen molar-refractivity contribution >= 4 is 11.9 Å². The Kier molecular flexibility index (Phi) is 4.01. The van der Waals surface area contributed by atoms with Gasteiger partial charge in [0.25, 0.3) is 5.91 Å². The monoisotopic (exact) mass is 336 g/mol. The molecule has 0 radical (unpaired) electrons. The predicted molar refractivity (Wildman–Crippen MR) is 92.9 cm³/mol. The molecule has 2 fully saturated rings. The zero-order chi connectivity index (χ0) is 17.3. The van der Waals surface area contributed by atoms with Crippen molar-refractivity contribution < 1.29 is 14.3 Å². The number of rotatable bonds is 4. The van der Waals surface area contributed by atoms with Crippen LogP contribution in [0.2, 0.25) is 0 Å². The van der Waals surface area contributed by atoms with Crippen molar-refractivity contribution in [2.24, 2.45) is 0 Å². The summed E-state index contributed by atoms with van der Waals surface area (Å²) in [5, 5.41) is 2.96. The molecule has 2 saturated heterocycles. The molecule has 2 aromatic carbocycles. The van der Waals surface area contributed by atoms with E-state index >= 15 is 0 Å². The summed E-state index contributed by atoms with van der Waals surface area (Å²) in [6.07, 6.45) is 1.77. The molecule has 2 heterocycles. The van der Waals surface area contributed by atoms with Crippen molar-refractivity contribution in [2.75, 3.05) is 13.2 Å². The van der Waals surface area contributed by atoms with Crippen molar-refractivity contribution in [3.05, 3.63) is 71.8 Å². The first-order valence-electron chi connectivity index (χ1n) is 8.58. The van der Waals surface area contributed by atoms with Crippen LogP contribution in [0.25, 0.3) is 0 Å². The fourth-order valence-corrected chi connectivity index (χ4v) is 3.67. The highest BCUT2D eigenvalue weighted by molar-refractivity contribution is 6.09. The Labute approximate surface area is 146 Å². The van der Waals surface area contributed by atoms with Crippen LogP contribution in [-0.2, 0) is 15.1 Å². The fourth-order valence-electron chi connectivity index (χ4n) is 3.67. The number of nitrogens with zero attached hydrogens (tertiary/aromatic N) is 1. The van der Waals surface area contributed by atoms with E-state index in [1.54, 1.807) is 0 Å². The molecule has 0 aliphatic carbocycles. The highest BCUT2D eigenvalue weighted by Gasteiger charge is 2.54. The summed E-state index contributed by atoms with van der Waals surface area (Å²) in [4.78, 5) is 27.4. The second-order valence-corrected chi connectivity index (χ2v) is 6.46. The zero-order valence-corrected chi connectivity index (χ0v) is 13.9. The highest BCUT2D eigenvalue weighted by atomic mass is 16.5. The third-order valence-corrected chi connectivity index (χ3v) is 4.93. The SMILES string of the molecule is O=C1NC(c2ccccc2)(c2ccccc2)C(=O)N1C[C@@H]1CCCO1. The van der Waals surface area contributed by atoms with E-state index in [0.29, 0.717) is 13.2 Å². The van der Waals surface area contributed by atoms with Crippen LogP contribution in [0.1, 0.15) is 24.0 Å². The number of carbonyl (C=O) groups is 2. The Bertz CT molecular complexity index is 731. The summed E-state index contributed by atoms with van der Waals surface area (Å²) in [6.45, 7) is 0.989. The van der Waals surface area contributed by atoms with Crippen LogP contribution in [-0.4, -0.2) is 36.1 Å². The summed E-state index contributed by atoms with van der Waals surface area (Å²) in [7, 11) is 0. The lowest BCUT2D eigenvalue weighted by Crippen LogP contribution is -2.45. The molecule has 128 valence electrons. The quantitative estimate of drug-likeness (QED) is 0.873. The number of hydrogen-bond donors (Lipinski definition) is 1. The predicted octanol–water partition coefficient (Wildman–Crippen LogP) is 2.66. The van der Waals surface area contributed by atoms with E-state index < -0.39 is 5.54 Å². The average Bonchev–Trinajstić information content (AvgIpc) is 3.26. The Morgan fingerprint density at radius 3 is 2.12 bits per heavy atom. The van der Waals surface area contributed by atoms with E-state index in [4.69, 9.17) is 4.74 Å². The van der Waals surface area contributed by atoms with Gasteiger partial charge in [-0.25, -0.2) is 4.79 Å². The summed E-state index contributed by atoms with van der Waals surface area (Å²) >= 11 is 0. The number of amides is 3. The van der Waals surface area contributed by atoms with E-state index in [1.807, 2.05) is 60.7 Å². The van der Waals surface area contributed by atoms with Crippen molar-refractivity contribution in [1.82, 2.24) is 10.2 Å². The van der Waals surface area contributed by atoms with E-state index in [-0.39, 0.29) is 18.0 Å². The van der Waals surface area contributed by atoms with Gasteiger partial charge in [-0.05, 0) is 24.0 Å². The molecule has 0 spiro atoms. The Balaban J connectivity index is 1.77. The molecule has 1 N–H and O–H groups in total. The molecular formula is C20H20N2O3. The van der Waals surface area contributed by atoms with E-state index in [1.165, 1.54) is 4.90 Å². The van der Waals surface area contributed by atoms with Crippen molar-refractivity contribution in [1.29, 1.82) is 0 Å². The van der Waals surface area contributed by atoms with Gasteiger partial charge in [0.15, 0.2) is 5.54 Å². The Morgan fingerprint density at radius 2 is 1.60 bits per heavy atom. The highest BCUT2D eigenvalue weighted by Crippen LogP contribution is 2.36. The number of carbonyl (C=O) groups excluding carboxylic acids is 2. The first-order chi connectivity index (χ1) is 12.2. The van der Waals surface area contributed by atoms with Crippen LogP contribution in [0.4, 0.5) is 4.79 Å². The van der Waals surface area contributed by atoms with Crippen molar-refractivity contribution in [2.45, 2.75) is 24.5 Å². The maximum absolute atomic E-state index is 13.4. The number of hydrogen-bond acceptors (Lipinski definition) is 3. The van der Waals surface area contributed by atoms with Gasteiger partial charge in [0, 0.05) is 6.61 Å². The second kappa shape index (κ2) is 6.33. The molecule has 2 aliphatic heterocycles. The van der Waals surface area contributed by atoms with Crippen LogP contribution >= 0.6 is 0 Å². The molecule has 25 heavy (non-hydrogen) atoms. The van der Waals surface area contributed by atoms with E-state index in [2.05, 4.69) is 5.32 Å². The molecule has 5 nitrogen and oxygen atoms in total. The van der Waals surface area contributed by atoms with Gasteiger partial charge in [-0.1, -0.05) is 60.7 Å². The first kappa shape index (κ1) is 15.8. The maximum Gasteiger partial charge on any atom is 0.325 e. The van der Waals surface area contributed by atoms with Crippen LogP contribution in [0, 0.1) is 0 Å². The molecule has 2 aromatic rings. The Morgan fingerprint density at radius 1 is 1.00 bits per heavy atom. The second-order valence-electron chi connectivity index (χ2n) is 6.46. The van der Waals surface area contributed by atoms with Crippen molar-refractivity contribution in [3.63, 3.8) is 0 Å².